The van der Waals surface area contributed by atoms with Crippen LogP contribution in [-0.2, 0) is 20.0 Å². The van der Waals surface area contributed by atoms with Crippen LogP contribution in [0.4, 0.5) is 5.69 Å². The predicted octanol–water partition coefficient (Wildman–Crippen LogP) is 5.94. The van der Waals surface area contributed by atoms with Crippen LogP contribution in [0, 0.1) is 0 Å². The average molecular weight is 551 g/mol. The molecule has 0 spiro atoms. The second-order valence-corrected chi connectivity index (χ2v) is 10.6. The van der Waals surface area contributed by atoms with Gasteiger partial charge in [-0.3, -0.25) is 0 Å². The molecule has 0 aromatic heterocycles. The molecule has 4 heteroatoms. The van der Waals surface area contributed by atoms with E-state index in [2.05, 4.69) is 52.5 Å². The summed E-state index contributed by atoms with van der Waals surface area (Å²) in [6, 6.07) is 9.34. The van der Waals surface area contributed by atoms with Gasteiger partial charge in [0.05, 0.1) is 17.0 Å². The second-order valence-electron chi connectivity index (χ2n) is 7.54. The van der Waals surface area contributed by atoms with Crippen molar-refractivity contribution in [3.63, 3.8) is 0 Å². The number of hydrogen-bond donors (Lipinski definition) is 0. The first-order chi connectivity index (χ1) is 11.8. The van der Waals surface area contributed by atoms with Crippen LogP contribution in [0.3, 0.4) is 0 Å². The fourth-order valence-corrected chi connectivity index (χ4v) is 9.21. The van der Waals surface area contributed by atoms with Crippen molar-refractivity contribution >= 4 is 28.1 Å². The standard InChI is InChI=1S/C20H32NP.Au.ClH/c1-21(2)19-15-9-10-16-20(19)22(17-11-5-3-6-12-17)18-13-7-4-8-14-18;;/h9-10,15-18H,3-8,11-14H2,1-2H3;;1H/q;+1;. The van der Waals surface area contributed by atoms with Crippen molar-refractivity contribution in [3.8, 4) is 0 Å². The molecule has 24 heavy (non-hydrogen) atoms. The molecule has 0 N–H and O–H groups in total. The summed E-state index contributed by atoms with van der Waals surface area (Å²) in [4.78, 5) is 2.35. The van der Waals surface area contributed by atoms with E-state index in [0.29, 0.717) is 0 Å². The quantitative estimate of drug-likeness (QED) is 0.331. The maximum atomic E-state index is 4.58. The fraction of sp³-hybridized carbons (Fsp3) is 0.700. The fourth-order valence-electron chi connectivity index (χ4n) is 4.71. The predicted molar refractivity (Wildman–Crippen MR) is 108 cm³/mol. The molecule has 2 aliphatic rings. The number of halogens is 1. The summed E-state index contributed by atoms with van der Waals surface area (Å²) in [6.45, 7) is 0. The monoisotopic (exact) mass is 550 g/mol. The number of benzene rings is 1. The minimum absolute atomic E-state index is 0.439. The summed E-state index contributed by atoms with van der Waals surface area (Å²) in [7, 11) is 8.59. The van der Waals surface area contributed by atoms with Crippen LogP contribution in [0.25, 0.3) is 0 Å². The van der Waals surface area contributed by atoms with E-state index in [1.54, 1.807) is 25.3 Å². The molecule has 2 saturated carbocycles. The van der Waals surface area contributed by atoms with Gasteiger partial charge in [-0.15, -0.1) is 0 Å². The van der Waals surface area contributed by atoms with Crippen LogP contribution in [-0.4, -0.2) is 25.4 Å². The zero-order valence-corrected chi connectivity index (χ0v) is 19.1. The summed E-state index contributed by atoms with van der Waals surface area (Å²) in [5, 5.41) is 1.75. The van der Waals surface area contributed by atoms with Gasteiger partial charge in [-0.2, -0.15) is 0 Å². The molecule has 140 valence electrons. The zero-order chi connectivity index (χ0) is 17.4. The SMILES string of the molecule is CN(C)c1ccccc1[PH+](C1CCCCC1)C1CCCCC1.[Cl][Au]. The van der Waals surface area contributed by atoms with Gasteiger partial charge >= 0.3 is 29.2 Å². The summed E-state index contributed by atoms with van der Waals surface area (Å²) in [5.74, 6) is 0. The van der Waals surface area contributed by atoms with Crippen molar-refractivity contribution in [2.45, 2.75) is 75.5 Å². The van der Waals surface area contributed by atoms with Crippen molar-refractivity contribution in [1.29, 1.82) is 0 Å². The normalized spacial score (nSPS) is 19.8. The third-order valence-corrected chi connectivity index (χ3v) is 9.75. The van der Waals surface area contributed by atoms with Gasteiger partial charge in [-0.05, 0) is 63.5 Å². The van der Waals surface area contributed by atoms with E-state index in [1.165, 1.54) is 69.9 Å². The summed E-state index contributed by atoms with van der Waals surface area (Å²) in [6.07, 6.45) is 14.9. The molecule has 0 radical (unpaired) electrons. The molecule has 0 bridgehead atoms. The number of para-hydroxylation sites is 1. The van der Waals surface area contributed by atoms with E-state index < -0.39 is 7.92 Å². The van der Waals surface area contributed by atoms with Gasteiger partial charge < -0.3 is 4.90 Å². The summed E-state index contributed by atoms with van der Waals surface area (Å²) >= 11 is 1.75. The summed E-state index contributed by atoms with van der Waals surface area (Å²) in [5.41, 5.74) is 3.57. The molecule has 1 aromatic carbocycles. The Balaban J connectivity index is 0.00000100. The Hall–Kier alpha value is 0.480. The first-order valence-electron chi connectivity index (χ1n) is 9.52. The topological polar surface area (TPSA) is 3.24 Å². The number of anilines is 1. The Kier molecular flexibility index (Phi) is 9.74. The number of rotatable bonds is 4. The number of hydrogen-bond acceptors (Lipinski definition) is 1. The van der Waals surface area contributed by atoms with E-state index in [4.69, 9.17) is 0 Å². The Bertz CT molecular complexity index is 452. The van der Waals surface area contributed by atoms with Crippen molar-refractivity contribution in [3.05, 3.63) is 24.3 Å². The molecule has 2 fully saturated rings. The van der Waals surface area contributed by atoms with E-state index >= 15 is 0 Å². The molecular weight excluding hydrogens is 518 g/mol. The Labute approximate surface area is 166 Å². The van der Waals surface area contributed by atoms with E-state index in [1.807, 2.05) is 0 Å². The van der Waals surface area contributed by atoms with Gasteiger partial charge in [-0.25, -0.2) is 0 Å². The Morgan fingerprint density at radius 1 is 0.833 bits per heavy atom. The van der Waals surface area contributed by atoms with Gasteiger partial charge in [0, 0.05) is 22.0 Å². The third-order valence-electron chi connectivity index (χ3n) is 5.79. The summed E-state index contributed by atoms with van der Waals surface area (Å²) < 4.78 is 0. The molecule has 0 aliphatic heterocycles. The van der Waals surface area contributed by atoms with Gasteiger partial charge in [0.2, 0.25) is 0 Å². The van der Waals surface area contributed by atoms with Gasteiger partial charge in [0.25, 0.3) is 0 Å². The van der Waals surface area contributed by atoms with Crippen molar-refractivity contribution in [2.75, 3.05) is 19.0 Å². The van der Waals surface area contributed by atoms with Gasteiger partial charge in [-0.1, -0.05) is 25.0 Å². The zero-order valence-electron chi connectivity index (χ0n) is 15.2. The maximum absolute atomic E-state index is 4.58. The third kappa shape index (κ3) is 5.49. The van der Waals surface area contributed by atoms with Crippen LogP contribution in [0.5, 0.6) is 0 Å². The molecule has 0 saturated heterocycles. The Morgan fingerprint density at radius 3 is 1.75 bits per heavy atom. The van der Waals surface area contributed by atoms with Crippen molar-refractivity contribution < 1.29 is 20.0 Å². The molecule has 1 nitrogen and oxygen atoms in total. The molecule has 0 heterocycles. The molecule has 3 rings (SSSR count). The molecule has 0 amide bonds. The van der Waals surface area contributed by atoms with Crippen LogP contribution in [0.15, 0.2) is 24.3 Å². The molecule has 0 atom stereocenters. The first kappa shape index (κ1) is 20.8. The van der Waals surface area contributed by atoms with Crippen molar-refractivity contribution in [2.24, 2.45) is 0 Å². The first-order valence-corrected chi connectivity index (χ1v) is 13.9. The van der Waals surface area contributed by atoms with Crippen LogP contribution >= 0.6 is 17.1 Å². The molecule has 1 aromatic rings. The Morgan fingerprint density at radius 2 is 1.29 bits per heavy atom. The molecular formula is C20H33AuClNP+. The van der Waals surface area contributed by atoms with E-state index in [9.17, 15) is 0 Å². The van der Waals surface area contributed by atoms with Crippen LogP contribution in [0.1, 0.15) is 64.2 Å². The van der Waals surface area contributed by atoms with Crippen LogP contribution < -0.4 is 10.2 Å². The minimum atomic E-state index is -0.439. The van der Waals surface area contributed by atoms with Crippen LogP contribution in [0.2, 0.25) is 0 Å². The second kappa shape index (κ2) is 11.2. The van der Waals surface area contributed by atoms with E-state index in [-0.39, 0.29) is 0 Å². The molecule has 2 aliphatic carbocycles. The van der Waals surface area contributed by atoms with Crippen molar-refractivity contribution in [1.82, 2.24) is 0 Å². The van der Waals surface area contributed by atoms with Gasteiger partial charge in [0.1, 0.15) is 5.30 Å². The number of nitrogens with zero attached hydrogens (tertiary/aromatic N) is 1. The van der Waals surface area contributed by atoms with E-state index in [0.717, 1.165) is 11.3 Å². The average Bonchev–Trinajstić information content (AvgIpc) is 2.66. The molecule has 0 unspecified atom stereocenters. The van der Waals surface area contributed by atoms with Gasteiger partial charge in [0.15, 0.2) is 0 Å².